The van der Waals surface area contributed by atoms with Gasteiger partial charge in [0.25, 0.3) is 0 Å². The predicted molar refractivity (Wildman–Crippen MR) is 53.5 cm³/mol. The number of hydrogen-bond donors (Lipinski definition) is 1. The van der Waals surface area contributed by atoms with Gasteiger partial charge in [0, 0.05) is 13.1 Å². The summed E-state index contributed by atoms with van der Waals surface area (Å²) in [6.07, 6.45) is 0. The van der Waals surface area contributed by atoms with Crippen LogP contribution in [0.25, 0.3) is 0 Å². The second-order valence-electron chi connectivity index (χ2n) is 4.23. The first-order chi connectivity index (χ1) is 5.41. The molecule has 1 aliphatic heterocycles. The third kappa shape index (κ3) is 4.07. The maximum absolute atomic E-state index is 5.80. The second-order valence-corrected chi connectivity index (χ2v) is 4.23. The van der Waals surface area contributed by atoms with Gasteiger partial charge in [0.1, 0.15) is 0 Å². The van der Waals surface area contributed by atoms with Gasteiger partial charge in [-0.15, -0.1) is 0 Å². The highest BCUT2D eigenvalue weighted by Gasteiger charge is 2.33. The van der Waals surface area contributed by atoms with Crippen molar-refractivity contribution in [2.24, 2.45) is 0 Å². The highest BCUT2D eigenvalue weighted by atomic mass is 16.5. The summed E-state index contributed by atoms with van der Waals surface area (Å²) in [5, 5.41) is 3.34. The van der Waals surface area contributed by atoms with Crippen LogP contribution < -0.4 is 5.32 Å². The van der Waals surface area contributed by atoms with Crippen molar-refractivity contribution < 1.29 is 4.74 Å². The van der Waals surface area contributed by atoms with E-state index in [9.17, 15) is 0 Å². The minimum atomic E-state index is 0.00174. The topological polar surface area (TPSA) is 21.3 Å². The normalized spacial score (nSPS) is 25.5. The molecule has 1 fully saturated rings. The van der Waals surface area contributed by atoms with Crippen molar-refractivity contribution in [2.45, 2.75) is 52.7 Å². The van der Waals surface area contributed by atoms with Crippen molar-refractivity contribution in [2.75, 3.05) is 13.1 Å². The van der Waals surface area contributed by atoms with Crippen LogP contribution in [0.5, 0.6) is 0 Å². The summed E-state index contributed by atoms with van der Waals surface area (Å²) in [6, 6.07) is 0. The zero-order chi connectivity index (χ0) is 9.83. The van der Waals surface area contributed by atoms with Gasteiger partial charge in [-0.05, 0) is 27.7 Å². The lowest BCUT2D eigenvalue weighted by atomic mass is 10.0. The van der Waals surface area contributed by atoms with Crippen molar-refractivity contribution in [3.8, 4) is 0 Å². The molecular weight excluding hydrogens is 150 g/mol. The van der Waals surface area contributed by atoms with Gasteiger partial charge < -0.3 is 10.1 Å². The van der Waals surface area contributed by atoms with Crippen molar-refractivity contribution in [1.29, 1.82) is 0 Å². The Morgan fingerprint density at radius 1 is 0.917 bits per heavy atom. The Morgan fingerprint density at radius 2 is 1.25 bits per heavy atom. The highest BCUT2D eigenvalue weighted by molar-refractivity contribution is 4.86. The molecule has 1 heterocycles. The van der Waals surface area contributed by atoms with E-state index in [4.69, 9.17) is 4.74 Å². The summed E-state index contributed by atoms with van der Waals surface area (Å²) in [5.74, 6) is 0. The van der Waals surface area contributed by atoms with Gasteiger partial charge in [-0.3, -0.25) is 0 Å². The van der Waals surface area contributed by atoms with E-state index in [1.54, 1.807) is 0 Å². The van der Waals surface area contributed by atoms with E-state index in [0.29, 0.717) is 0 Å². The molecular formula is C10H23NO. The predicted octanol–water partition coefficient (Wildman–Crippen LogP) is 2.19. The Balaban J connectivity index is 0.000000561. The van der Waals surface area contributed by atoms with Gasteiger partial charge >= 0.3 is 0 Å². The zero-order valence-corrected chi connectivity index (χ0v) is 9.32. The number of rotatable bonds is 0. The fraction of sp³-hybridized carbons (Fsp3) is 1.00. The van der Waals surface area contributed by atoms with E-state index < -0.39 is 0 Å². The number of ether oxygens (including phenoxy) is 1. The molecule has 0 aromatic rings. The van der Waals surface area contributed by atoms with Crippen molar-refractivity contribution >= 4 is 0 Å². The van der Waals surface area contributed by atoms with Crippen LogP contribution in [0.15, 0.2) is 0 Å². The first-order valence-electron chi connectivity index (χ1n) is 4.82. The molecule has 1 aliphatic rings. The molecule has 0 unspecified atom stereocenters. The zero-order valence-electron chi connectivity index (χ0n) is 9.32. The van der Waals surface area contributed by atoms with Gasteiger partial charge in [-0.2, -0.15) is 0 Å². The molecule has 0 aromatic heterocycles. The summed E-state index contributed by atoms with van der Waals surface area (Å²) in [6.45, 7) is 14.4. The summed E-state index contributed by atoms with van der Waals surface area (Å²) in [5.41, 5.74) is 0.00347. The van der Waals surface area contributed by atoms with Gasteiger partial charge in [-0.25, -0.2) is 0 Å². The molecule has 0 aromatic carbocycles. The van der Waals surface area contributed by atoms with Gasteiger partial charge in [0.15, 0.2) is 0 Å². The molecule has 0 spiro atoms. The fourth-order valence-corrected chi connectivity index (χ4v) is 1.48. The number of morpholine rings is 1. The minimum absolute atomic E-state index is 0.00174. The van der Waals surface area contributed by atoms with E-state index in [0.717, 1.165) is 13.1 Å². The van der Waals surface area contributed by atoms with E-state index in [2.05, 4.69) is 33.0 Å². The molecule has 1 saturated heterocycles. The van der Waals surface area contributed by atoms with Gasteiger partial charge in [0.2, 0.25) is 0 Å². The molecule has 12 heavy (non-hydrogen) atoms. The van der Waals surface area contributed by atoms with E-state index in [1.165, 1.54) is 0 Å². The largest absolute Gasteiger partial charge is 0.367 e. The summed E-state index contributed by atoms with van der Waals surface area (Å²) in [7, 11) is 0. The van der Waals surface area contributed by atoms with Crippen molar-refractivity contribution in [1.82, 2.24) is 5.32 Å². The van der Waals surface area contributed by atoms with Crippen LogP contribution in [0.2, 0.25) is 0 Å². The average molecular weight is 173 g/mol. The molecule has 0 saturated carbocycles. The van der Waals surface area contributed by atoms with Crippen molar-refractivity contribution in [3.63, 3.8) is 0 Å². The summed E-state index contributed by atoms with van der Waals surface area (Å²) in [4.78, 5) is 0. The molecule has 74 valence electrons. The monoisotopic (exact) mass is 173 g/mol. The number of nitrogens with one attached hydrogen (secondary N) is 1. The van der Waals surface area contributed by atoms with Gasteiger partial charge in [-0.1, -0.05) is 13.8 Å². The van der Waals surface area contributed by atoms with E-state index >= 15 is 0 Å². The first kappa shape index (κ1) is 11.9. The molecule has 0 radical (unpaired) electrons. The van der Waals surface area contributed by atoms with Gasteiger partial charge in [0.05, 0.1) is 11.2 Å². The Hall–Kier alpha value is -0.0800. The quantitative estimate of drug-likeness (QED) is 0.606. The standard InChI is InChI=1S/C8H17NO.C2H6/c1-7(2)5-9-6-8(3,4)10-7;1-2/h9H,5-6H2,1-4H3;1-2H3. The highest BCUT2D eigenvalue weighted by Crippen LogP contribution is 2.22. The molecule has 2 heteroatoms. The molecule has 0 aliphatic carbocycles. The summed E-state index contributed by atoms with van der Waals surface area (Å²) >= 11 is 0. The Morgan fingerprint density at radius 3 is 1.42 bits per heavy atom. The maximum Gasteiger partial charge on any atom is 0.0758 e. The molecule has 1 N–H and O–H groups in total. The van der Waals surface area contributed by atoms with E-state index in [-0.39, 0.29) is 11.2 Å². The first-order valence-corrected chi connectivity index (χ1v) is 4.82. The Kier molecular flexibility index (Phi) is 4.21. The van der Waals surface area contributed by atoms with Crippen LogP contribution in [0, 0.1) is 0 Å². The summed E-state index contributed by atoms with van der Waals surface area (Å²) < 4.78 is 5.80. The molecule has 0 atom stereocenters. The SMILES string of the molecule is CC.CC1(C)CNCC(C)(C)O1. The molecule has 2 nitrogen and oxygen atoms in total. The van der Waals surface area contributed by atoms with Crippen LogP contribution in [-0.4, -0.2) is 24.3 Å². The number of hydrogen-bond acceptors (Lipinski definition) is 2. The van der Waals surface area contributed by atoms with Crippen LogP contribution in [0.3, 0.4) is 0 Å². The van der Waals surface area contributed by atoms with E-state index in [1.807, 2.05) is 13.8 Å². The van der Waals surface area contributed by atoms with Crippen LogP contribution in [-0.2, 0) is 4.74 Å². The molecule has 0 amide bonds. The van der Waals surface area contributed by atoms with Crippen LogP contribution >= 0.6 is 0 Å². The lowest BCUT2D eigenvalue weighted by Gasteiger charge is -2.41. The van der Waals surface area contributed by atoms with Crippen LogP contribution in [0.4, 0.5) is 0 Å². The van der Waals surface area contributed by atoms with Crippen molar-refractivity contribution in [3.05, 3.63) is 0 Å². The lowest BCUT2D eigenvalue weighted by Crippen LogP contribution is -2.55. The lowest BCUT2D eigenvalue weighted by molar-refractivity contribution is -0.142. The maximum atomic E-state index is 5.80. The Labute approximate surface area is 76.7 Å². The average Bonchev–Trinajstić information content (AvgIpc) is 1.86. The third-order valence-corrected chi connectivity index (χ3v) is 1.65. The molecule has 0 bridgehead atoms. The Bertz CT molecular complexity index is 116. The third-order valence-electron chi connectivity index (χ3n) is 1.65. The smallest absolute Gasteiger partial charge is 0.0758 e. The minimum Gasteiger partial charge on any atom is -0.367 e. The van der Waals surface area contributed by atoms with Crippen LogP contribution in [0.1, 0.15) is 41.5 Å². The fourth-order valence-electron chi connectivity index (χ4n) is 1.48. The second kappa shape index (κ2) is 4.24. The molecule has 1 rings (SSSR count).